The minimum absolute atomic E-state index is 0.0172. The van der Waals surface area contributed by atoms with Crippen LogP contribution in [0.4, 0.5) is 5.69 Å². The summed E-state index contributed by atoms with van der Waals surface area (Å²) in [5.41, 5.74) is 11.9. The number of ether oxygens (including phenoxy) is 8. The summed E-state index contributed by atoms with van der Waals surface area (Å²) in [6, 6.07) is 0.985. The number of aliphatic hydroxyl groups is 12. The summed E-state index contributed by atoms with van der Waals surface area (Å²) in [6.07, 6.45) is -42.7. The van der Waals surface area contributed by atoms with Gasteiger partial charge in [-0.25, -0.2) is 9.13 Å². The average molecular weight is 1430 g/mol. The van der Waals surface area contributed by atoms with Gasteiger partial charge in [0.2, 0.25) is 35.4 Å². The molecule has 25 atom stereocenters. The first-order chi connectivity index (χ1) is 44.8. The van der Waals surface area contributed by atoms with Crippen molar-refractivity contribution in [3.63, 3.8) is 0 Å². The van der Waals surface area contributed by atoms with E-state index in [0.29, 0.717) is 0 Å². The number of carbonyl (C=O) groups is 7. The number of nitrogen functional groups attached to an aromatic ring is 1. The van der Waals surface area contributed by atoms with Crippen LogP contribution in [0.25, 0.3) is 0 Å². The van der Waals surface area contributed by atoms with E-state index in [0.717, 1.165) is 13.8 Å². The summed E-state index contributed by atoms with van der Waals surface area (Å²) in [5.74, 6) is -7.11. The van der Waals surface area contributed by atoms with Gasteiger partial charge >= 0.3 is 15.6 Å². The summed E-state index contributed by atoms with van der Waals surface area (Å²) >= 11 is 0. The van der Waals surface area contributed by atoms with E-state index in [1.165, 1.54) is 19.1 Å². The van der Waals surface area contributed by atoms with Crippen LogP contribution in [-0.2, 0) is 84.8 Å². The number of carbonyl (C=O) groups excluding carboxylic acids is 7. The third kappa shape index (κ3) is 23.4. The Balaban J connectivity index is 1.23. The number of phosphoric ester groups is 2. The van der Waals surface area contributed by atoms with Crippen LogP contribution in [0, 0.1) is 0 Å². The highest BCUT2D eigenvalue weighted by Crippen LogP contribution is 2.39. The van der Waals surface area contributed by atoms with Gasteiger partial charge in [0.25, 0.3) is 5.91 Å². The van der Waals surface area contributed by atoms with Gasteiger partial charge in [-0.15, -0.1) is 0 Å². The van der Waals surface area contributed by atoms with Gasteiger partial charge in [0.05, 0.1) is 57.3 Å². The van der Waals surface area contributed by atoms with Crippen molar-refractivity contribution in [3.05, 3.63) is 29.8 Å². The summed E-state index contributed by atoms with van der Waals surface area (Å²) in [6.45, 7) is -2.54. The maximum Gasteiger partial charge on any atom is 0.469 e. The third-order valence-corrected chi connectivity index (χ3v) is 16.1. The van der Waals surface area contributed by atoms with Gasteiger partial charge in [-0.2, -0.15) is 0 Å². The zero-order valence-corrected chi connectivity index (χ0v) is 53.1. The molecular formula is C51H84N8O35P2. The molecule has 0 bridgehead atoms. The smallest absolute Gasteiger partial charge is 0.398 e. The van der Waals surface area contributed by atoms with Crippen LogP contribution >= 0.6 is 15.6 Å². The molecule has 0 aliphatic carbocycles. The number of rotatable bonds is 34. The Morgan fingerprint density at radius 3 is 1.56 bits per heavy atom. The van der Waals surface area contributed by atoms with E-state index >= 15 is 0 Å². The van der Waals surface area contributed by atoms with E-state index in [4.69, 9.17) is 68.9 Å². The summed E-state index contributed by atoms with van der Waals surface area (Å²) in [4.78, 5) is 129. The Morgan fingerprint density at radius 2 is 1.02 bits per heavy atom. The van der Waals surface area contributed by atoms with Crippen molar-refractivity contribution < 1.29 is 170 Å². The van der Waals surface area contributed by atoms with Gasteiger partial charge in [0, 0.05) is 19.2 Å². The highest BCUT2D eigenvalue weighted by Gasteiger charge is 2.53. The Morgan fingerprint density at radius 1 is 0.552 bits per heavy atom. The van der Waals surface area contributed by atoms with Crippen LogP contribution < -0.4 is 43.4 Å². The van der Waals surface area contributed by atoms with Crippen LogP contribution in [0.3, 0.4) is 0 Å². The first kappa shape index (κ1) is 81.4. The molecule has 1 aromatic rings. The Labute approximate surface area is 544 Å². The molecule has 0 aromatic heterocycles. The van der Waals surface area contributed by atoms with E-state index in [1.807, 2.05) is 0 Å². The molecule has 4 fully saturated rings. The quantitative estimate of drug-likeness (QED) is 0.0173. The minimum Gasteiger partial charge on any atom is -0.398 e. The van der Waals surface area contributed by atoms with E-state index in [1.54, 1.807) is 12.1 Å². The van der Waals surface area contributed by atoms with Crippen molar-refractivity contribution in [1.29, 1.82) is 0 Å². The monoisotopic (exact) mass is 1430 g/mol. The van der Waals surface area contributed by atoms with Gasteiger partial charge in [0.15, 0.2) is 25.2 Å². The molecule has 4 heterocycles. The Hall–Kier alpha value is -5.27. The fourth-order valence-corrected chi connectivity index (χ4v) is 10.6. The van der Waals surface area contributed by atoms with Gasteiger partial charge in [-0.05, 0) is 45.2 Å². The number of nitrogens with one attached hydrogen (secondary N) is 6. The number of hydrogen-bond donors (Lipinski definition) is 24. The zero-order valence-electron chi connectivity index (χ0n) is 51.3. The normalized spacial score (nSPS) is 32.7. The van der Waals surface area contributed by atoms with E-state index < -0.39 is 250 Å². The maximum absolute atomic E-state index is 13.8. The van der Waals surface area contributed by atoms with Gasteiger partial charge in [0.1, 0.15) is 116 Å². The number of benzene rings is 1. The van der Waals surface area contributed by atoms with Gasteiger partial charge < -0.3 is 162 Å². The number of hydrogen-bond acceptors (Lipinski definition) is 32. The number of unbranched alkanes of at least 4 members (excludes halogenated alkanes) is 1. The first-order valence-electron chi connectivity index (χ1n) is 29.4. The molecule has 96 heavy (non-hydrogen) atoms. The lowest BCUT2D eigenvalue weighted by Gasteiger charge is -2.46. The molecule has 4 aliphatic heterocycles. The standard InChI is InChI=1S/C51H84N8O35P2/c1-18(89-51-43(39(71)32(64)24(14-60)90-51)94-50-42(74)38(70)35(67)27(93-50)17-87-96(82,83)84)30(44(53)75)59-29(63)13-55-46(77)23(10-6-7-11-54-45(76)21-8-4-5-9-22(21)52)58-28(62)12-56-47(78)31(57-20(3)61)19(2)88-49-41(73)37(69)33(65)25(92-49)15-85-48-40(72)36(68)34(66)26(91-48)16-86-95(79,80)81/h4-5,8-9,18-19,23-27,30-43,48-51,60,64-74H,6-7,10-17,52H2,1-3H3,(H2,53,75)(H,54,76)(H,55,77)(H,56,78)(H,57,61)(H,58,62)(H,59,63)(H2,79,80,81)(H2,82,83,84)/t18-,19-,23+,24-,25-,26-,27-,30+,31+,32-,33-,34-,35-,36+,37+,38+,39+,40+,41+,42+,43+,48+,49+,50-,51+/m1/s1. The number of nitrogens with two attached hydrogens (primary N) is 2. The van der Waals surface area contributed by atoms with Crippen molar-refractivity contribution in [1.82, 2.24) is 31.9 Å². The molecule has 548 valence electrons. The number of anilines is 1. The van der Waals surface area contributed by atoms with E-state index in [9.17, 15) is 104 Å². The lowest BCUT2D eigenvalue weighted by molar-refractivity contribution is -0.371. The minimum atomic E-state index is -5.19. The molecule has 0 radical (unpaired) electrons. The molecule has 7 amide bonds. The fourth-order valence-electron chi connectivity index (χ4n) is 9.92. The molecule has 0 spiro atoms. The number of aliphatic hydroxyl groups excluding tert-OH is 12. The molecular weight excluding hydrogens is 1350 g/mol. The average Bonchev–Trinajstić information content (AvgIpc) is 0.789. The lowest BCUT2D eigenvalue weighted by atomic mass is 9.97. The van der Waals surface area contributed by atoms with E-state index in [-0.39, 0.29) is 37.1 Å². The predicted molar refractivity (Wildman–Crippen MR) is 309 cm³/mol. The number of primary amides is 1. The molecule has 0 unspecified atom stereocenters. The van der Waals surface area contributed by atoms with Crippen LogP contribution in [0.15, 0.2) is 24.3 Å². The second-order valence-corrected chi connectivity index (χ2v) is 24.9. The molecule has 43 nitrogen and oxygen atoms in total. The first-order valence-corrected chi connectivity index (χ1v) is 32.4. The lowest BCUT2D eigenvalue weighted by Crippen LogP contribution is -2.65. The Kier molecular flexibility index (Phi) is 31.1. The number of amides is 7. The molecule has 1 aromatic carbocycles. The molecule has 5 rings (SSSR count). The van der Waals surface area contributed by atoms with Crippen LogP contribution in [0.2, 0.25) is 0 Å². The second-order valence-electron chi connectivity index (χ2n) is 22.5. The predicted octanol–water partition coefficient (Wildman–Crippen LogP) is -12.3. The highest BCUT2D eigenvalue weighted by molar-refractivity contribution is 7.46. The van der Waals surface area contributed by atoms with Gasteiger partial charge in [-0.3, -0.25) is 42.6 Å². The number of para-hydroxylation sites is 1. The van der Waals surface area contributed by atoms with Crippen LogP contribution in [-0.4, -0.2) is 321 Å². The molecule has 26 N–H and O–H groups in total. The highest BCUT2D eigenvalue weighted by atomic mass is 31.2. The summed E-state index contributed by atoms with van der Waals surface area (Å²) in [7, 11) is -10.3. The van der Waals surface area contributed by atoms with Crippen molar-refractivity contribution >= 4 is 62.7 Å². The van der Waals surface area contributed by atoms with Crippen molar-refractivity contribution in [3.8, 4) is 0 Å². The van der Waals surface area contributed by atoms with Gasteiger partial charge in [-0.1, -0.05) is 12.1 Å². The van der Waals surface area contributed by atoms with Crippen molar-refractivity contribution in [2.24, 2.45) is 5.73 Å². The van der Waals surface area contributed by atoms with Crippen LogP contribution in [0.1, 0.15) is 50.4 Å². The third-order valence-electron chi connectivity index (χ3n) is 15.2. The fraction of sp³-hybridized carbons (Fsp3) is 0.745. The topological polar surface area (TPSA) is 694 Å². The van der Waals surface area contributed by atoms with Crippen molar-refractivity contribution in [2.45, 2.75) is 193 Å². The SMILES string of the molecule is CC(=O)N[C@H](C(=O)NCC(=O)N[C@@H](CCCCNC(=O)c1ccccc1N)C(=O)NCC(=O)N[C@H](C(N)=O)[C@@H](C)O[C@H]1O[C@H](CO)[C@@H](O)[C@H](O)[C@@H]1O[C@H]1O[C@H](COP(=O)(O)O)[C@@H](O)[C@H](O)[C@@H]1O)[C@@H](C)O[C@H]1O[C@H](CO[C@H]2O[C@H](COP(=O)(O)O)[C@@H](O)[C@H](O)[C@@H]2O)[C@@H](O)[C@H](O)[C@@H]1O. The summed E-state index contributed by atoms with van der Waals surface area (Å²) < 4.78 is 75.7. The Bertz CT molecular complexity index is 2850. The molecule has 4 aliphatic rings. The summed E-state index contributed by atoms with van der Waals surface area (Å²) in [5, 5.41) is 141. The van der Waals surface area contributed by atoms with Crippen LogP contribution in [0.5, 0.6) is 0 Å². The molecule has 45 heteroatoms. The molecule has 0 saturated carbocycles. The van der Waals surface area contributed by atoms with Crippen molar-refractivity contribution in [2.75, 3.05) is 51.8 Å². The molecule has 4 saturated heterocycles. The largest absolute Gasteiger partial charge is 0.469 e. The zero-order chi connectivity index (χ0) is 71.8. The maximum atomic E-state index is 13.8. The van der Waals surface area contributed by atoms with E-state index in [2.05, 4.69) is 40.9 Å². The second kappa shape index (κ2) is 36.7. The number of phosphoric acid groups is 2.